The number of benzene rings is 2. The average Bonchev–Trinajstić information content (AvgIpc) is 3.27. The maximum Gasteiger partial charge on any atom is 0.326 e. The van der Waals surface area contributed by atoms with Crippen LogP contribution in [-0.4, -0.2) is 34.6 Å². The monoisotopic (exact) mass is 411 g/mol. The van der Waals surface area contributed by atoms with Crippen molar-refractivity contribution in [1.82, 2.24) is 9.55 Å². The highest BCUT2D eigenvalue weighted by molar-refractivity contribution is 5.99. The van der Waals surface area contributed by atoms with Crippen molar-refractivity contribution >= 4 is 28.6 Å². The Balaban J connectivity index is 1.31. The summed E-state index contributed by atoms with van der Waals surface area (Å²) in [5, 5.41) is 0. The molecule has 1 atom stereocenters. The van der Waals surface area contributed by atoms with E-state index in [0.29, 0.717) is 24.2 Å². The summed E-state index contributed by atoms with van der Waals surface area (Å²) in [6.45, 7) is 2.38. The second kappa shape index (κ2) is 8.14. The van der Waals surface area contributed by atoms with Crippen LogP contribution in [-0.2, 0) is 20.9 Å². The number of esters is 1. The van der Waals surface area contributed by atoms with Crippen LogP contribution in [0, 0.1) is 18.7 Å². The highest BCUT2D eigenvalue weighted by Gasteiger charge is 2.36. The van der Waals surface area contributed by atoms with Crippen LogP contribution >= 0.6 is 0 Å². The van der Waals surface area contributed by atoms with Gasteiger partial charge in [0.05, 0.1) is 23.6 Å². The Labute approximate surface area is 172 Å². The molecule has 0 aliphatic carbocycles. The van der Waals surface area contributed by atoms with E-state index in [-0.39, 0.29) is 37.0 Å². The molecule has 1 N–H and O–H groups in total. The first-order valence-electron chi connectivity index (χ1n) is 9.85. The number of hydrogen-bond donors (Lipinski definition) is 1. The molecule has 4 rings (SSSR count). The van der Waals surface area contributed by atoms with Gasteiger partial charge < -0.3 is 14.6 Å². The number of carbonyl (C=O) groups excluding carboxylic acids is 2. The lowest BCUT2D eigenvalue weighted by Crippen LogP contribution is -2.26. The van der Waals surface area contributed by atoms with Gasteiger partial charge in [0.2, 0.25) is 5.91 Å². The number of halogens is 1. The Hall–Kier alpha value is -3.42. The number of ether oxygens (including phenoxy) is 1. The third-order valence-electron chi connectivity index (χ3n) is 5.38. The number of amides is 1. The molecule has 30 heavy (non-hydrogen) atoms. The number of aryl methyl sites for hydroxylation is 2. The number of para-hydroxylation sites is 2. The molecule has 0 radical (unpaired) electrons. The number of H-pyrrole nitrogens is 1. The van der Waals surface area contributed by atoms with Crippen molar-refractivity contribution in [2.24, 2.45) is 5.92 Å². The molecule has 1 amide bonds. The fourth-order valence-electron chi connectivity index (χ4n) is 3.71. The van der Waals surface area contributed by atoms with Gasteiger partial charge in [-0.05, 0) is 43.2 Å². The molecule has 3 aromatic rings. The first kappa shape index (κ1) is 19.9. The topological polar surface area (TPSA) is 84.4 Å². The normalized spacial score (nSPS) is 16.4. The van der Waals surface area contributed by atoms with Crippen molar-refractivity contribution in [1.29, 1.82) is 0 Å². The Bertz CT molecular complexity index is 1170. The molecule has 1 aromatic heterocycles. The van der Waals surface area contributed by atoms with Crippen LogP contribution in [0.1, 0.15) is 18.4 Å². The van der Waals surface area contributed by atoms with E-state index in [0.717, 1.165) is 11.0 Å². The van der Waals surface area contributed by atoms with Gasteiger partial charge in [0.25, 0.3) is 0 Å². The molecule has 1 fully saturated rings. The summed E-state index contributed by atoms with van der Waals surface area (Å²) in [5.41, 5.74) is 2.30. The Morgan fingerprint density at radius 1 is 1.23 bits per heavy atom. The van der Waals surface area contributed by atoms with Gasteiger partial charge in [0.1, 0.15) is 5.82 Å². The van der Waals surface area contributed by atoms with Gasteiger partial charge in [-0.3, -0.25) is 14.2 Å². The smallest absolute Gasteiger partial charge is 0.326 e. The molecule has 156 valence electrons. The number of hydrogen-bond acceptors (Lipinski definition) is 4. The number of aromatic amines is 1. The number of anilines is 1. The van der Waals surface area contributed by atoms with Crippen LogP contribution in [0.3, 0.4) is 0 Å². The van der Waals surface area contributed by atoms with Crippen molar-refractivity contribution in [2.75, 3.05) is 18.1 Å². The van der Waals surface area contributed by atoms with Gasteiger partial charge in [-0.25, -0.2) is 9.18 Å². The average molecular weight is 411 g/mol. The Morgan fingerprint density at radius 3 is 2.83 bits per heavy atom. The van der Waals surface area contributed by atoms with E-state index in [2.05, 4.69) is 4.98 Å². The van der Waals surface area contributed by atoms with Crippen molar-refractivity contribution in [3.8, 4) is 0 Å². The van der Waals surface area contributed by atoms with Gasteiger partial charge in [-0.1, -0.05) is 18.2 Å². The minimum Gasteiger partial charge on any atom is -0.465 e. The number of carbonyl (C=O) groups is 2. The second-order valence-corrected chi connectivity index (χ2v) is 7.46. The molecular weight excluding hydrogens is 389 g/mol. The van der Waals surface area contributed by atoms with E-state index in [9.17, 15) is 18.8 Å². The summed E-state index contributed by atoms with van der Waals surface area (Å²) < 4.78 is 20.7. The van der Waals surface area contributed by atoms with Crippen LogP contribution in [0.25, 0.3) is 11.0 Å². The minimum absolute atomic E-state index is 0.0379. The third-order valence-corrected chi connectivity index (χ3v) is 5.38. The molecule has 7 nitrogen and oxygen atoms in total. The Morgan fingerprint density at radius 2 is 2.03 bits per heavy atom. The van der Waals surface area contributed by atoms with Crippen molar-refractivity contribution in [3.63, 3.8) is 0 Å². The predicted octanol–water partition coefficient (Wildman–Crippen LogP) is 2.76. The molecule has 0 spiro atoms. The summed E-state index contributed by atoms with van der Waals surface area (Å²) in [6.07, 6.45) is 0.511. The van der Waals surface area contributed by atoms with Crippen molar-refractivity contribution in [2.45, 2.75) is 26.3 Å². The lowest BCUT2D eigenvalue weighted by atomic mass is 10.1. The van der Waals surface area contributed by atoms with E-state index >= 15 is 0 Å². The molecule has 8 heteroatoms. The summed E-state index contributed by atoms with van der Waals surface area (Å²) in [4.78, 5) is 40.9. The van der Waals surface area contributed by atoms with E-state index in [4.69, 9.17) is 4.74 Å². The van der Waals surface area contributed by atoms with Crippen LogP contribution in [0.5, 0.6) is 0 Å². The number of imidazole rings is 1. The van der Waals surface area contributed by atoms with Gasteiger partial charge in [0, 0.05) is 25.2 Å². The number of nitrogens with one attached hydrogen (secondary N) is 1. The molecule has 1 saturated heterocycles. The van der Waals surface area contributed by atoms with Gasteiger partial charge >= 0.3 is 11.7 Å². The summed E-state index contributed by atoms with van der Waals surface area (Å²) >= 11 is 0. The maximum atomic E-state index is 13.8. The quantitative estimate of drug-likeness (QED) is 0.499. The molecule has 0 saturated carbocycles. The van der Waals surface area contributed by atoms with Crippen LogP contribution in [0.4, 0.5) is 10.1 Å². The van der Waals surface area contributed by atoms with Crippen LogP contribution in [0.15, 0.2) is 47.3 Å². The van der Waals surface area contributed by atoms with E-state index < -0.39 is 11.9 Å². The summed E-state index contributed by atoms with van der Waals surface area (Å²) in [5.74, 6) is -1.66. The zero-order chi connectivity index (χ0) is 21.3. The van der Waals surface area contributed by atoms with Crippen molar-refractivity contribution < 1.29 is 18.7 Å². The third kappa shape index (κ3) is 3.85. The summed E-state index contributed by atoms with van der Waals surface area (Å²) in [6, 6.07) is 12.0. The number of nitrogens with zero attached hydrogens (tertiary/aromatic N) is 2. The first-order valence-corrected chi connectivity index (χ1v) is 9.85. The predicted molar refractivity (Wildman–Crippen MR) is 110 cm³/mol. The largest absolute Gasteiger partial charge is 0.465 e. The highest BCUT2D eigenvalue weighted by atomic mass is 19.1. The Kier molecular flexibility index (Phi) is 5.39. The molecular formula is C22H22FN3O4. The van der Waals surface area contributed by atoms with Gasteiger partial charge in [-0.15, -0.1) is 0 Å². The number of rotatable bonds is 6. The maximum absolute atomic E-state index is 13.8. The zero-order valence-electron chi connectivity index (χ0n) is 16.6. The molecule has 2 aromatic carbocycles. The van der Waals surface area contributed by atoms with E-state index in [1.54, 1.807) is 23.6 Å². The zero-order valence-corrected chi connectivity index (χ0v) is 16.6. The van der Waals surface area contributed by atoms with Gasteiger partial charge in [-0.2, -0.15) is 0 Å². The minimum atomic E-state index is -0.585. The first-order chi connectivity index (χ1) is 14.4. The lowest BCUT2D eigenvalue weighted by molar-refractivity contribution is -0.148. The molecule has 0 bridgehead atoms. The highest BCUT2D eigenvalue weighted by Crippen LogP contribution is 2.27. The van der Waals surface area contributed by atoms with Gasteiger partial charge in [0.15, 0.2) is 0 Å². The number of fused-ring (bicyclic) bond motifs is 1. The van der Waals surface area contributed by atoms with Crippen molar-refractivity contribution in [3.05, 3.63) is 64.3 Å². The second-order valence-electron chi connectivity index (χ2n) is 7.46. The van der Waals surface area contributed by atoms with E-state index in [1.165, 1.54) is 11.0 Å². The fraction of sp³-hybridized carbons (Fsp3) is 0.318. The van der Waals surface area contributed by atoms with E-state index in [1.807, 2.05) is 24.3 Å². The summed E-state index contributed by atoms with van der Waals surface area (Å²) in [7, 11) is 0. The van der Waals surface area contributed by atoms with Crippen LogP contribution in [0.2, 0.25) is 0 Å². The SMILES string of the molecule is Cc1ccc(N2C[C@H](C(=O)OCCCn3c(=O)[nH]c4ccccc43)CC2=O)cc1F. The van der Waals surface area contributed by atoms with Crippen LogP contribution < -0.4 is 10.6 Å². The number of aromatic nitrogens is 2. The molecule has 2 heterocycles. The lowest BCUT2D eigenvalue weighted by Gasteiger charge is -2.17. The fourth-order valence-corrected chi connectivity index (χ4v) is 3.71. The standard InChI is InChI=1S/C22H22FN3O4/c1-14-7-8-16(12-17(14)23)26-13-15(11-20(26)27)21(28)30-10-4-9-25-19-6-3-2-5-18(19)24-22(25)29/h2-3,5-8,12,15H,4,9-11,13H2,1H3,(H,24,29)/t15-/m1/s1. The molecule has 0 unspecified atom stereocenters. The molecule has 1 aliphatic heterocycles. The molecule has 1 aliphatic rings.